The first-order valence-electron chi connectivity index (χ1n) is 20.0. The number of carbonyl (C=O) groups excluding carboxylic acids is 1. The van der Waals surface area contributed by atoms with Crippen LogP contribution in [0, 0.1) is 19.8 Å². The van der Waals surface area contributed by atoms with Gasteiger partial charge >= 0.3 is 6.18 Å². The summed E-state index contributed by atoms with van der Waals surface area (Å²) in [5.74, 6) is 0.704. The van der Waals surface area contributed by atoms with Gasteiger partial charge in [-0.05, 0) is 90.3 Å². The predicted molar refractivity (Wildman–Crippen MR) is 213 cm³/mol. The van der Waals surface area contributed by atoms with Gasteiger partial charge < -0.3 is 34.1 Å². The summed E-state index contributed by atoms with van der Waals surface area (Å²) in [7, 11) is 0. The summed E-state index contributed by atoms with van der Waals surface area (Å²) in [5, 5.41) is 2.99. The van der Waals surface area contributed by atoms with Crippen LogP contribution in [0.25, 0.3) is 11.1 Å². The van der Waals surface area contributed by atoms with Crippen molar-refractivity contribution in [1.29, 1.82) is 0 Å². The quantitative estimate of drug-likeness (QED) is 0.142. The van der Waals surface area contributed by atoms with Crippen molar-refractivity contribution in [2.24, 2.45) is 5.92 Å². The number of aromatic nitrogens is 2. The van der Waals surface area contributed by atoms with E-state index in [2.05, 4.69) is 33.9 Å². The predicted octanol–water partition coefficient (Wildman–Crippen LogP) is 7.41. The third-order valence-electron chi connectivity index (χ3n) is 11.8. The van der Waals surface area contributed by atoms with E-state index in [4.69, 9.17) is 23.9 Å². The molecule has 2 aromatic heterocycles. The van der Waals surface area contributed by atoms with Crippen LogP contribution in [-0.4, -0.2) is 96.1 Å². The molecule has 7 rings (SSSR count). The van der Waals surface area contributed by atoms with Crippen molar-refractivity contribution in [1.82, 2.24) is 20.2 Å². The molecule has 3 fully saturated rings. The second kappa shape index (κ2) is 16.8. The fraction of sp³-hybridized carbons (Fsp3) is 0.595. The molecule has 3 aromatic rings. The van der Waals surface area contributed by atoms with Crippen molar-refractivity contribution in [3.8, 4) is 22.6 Å². The number of likely N-dealkylation sites (tertiary alicyclic amines) is 1. The first-order valence-corrected chi connectivity index (χ1v) is 21.2. The third kappa shape index (κ3) is 9.26. The van der Waals surface area contributed by atoms with Gasteiger partial charge in [0.1, 0.15) is 5.82 Å². The summed E-state index contributed by atoms with van der Waals surface area (Å²) in [6.45, 7) is 12.9. The number of amides is 1. The molecule has 0 spiro atoms. The topological polar surface area (TPSA) is 118 Å². The average molecular weight is 814 g/mol. The van der Waals surface area contributed by atoms with Gasteiger partial charge in [0.25, 0.3) is 17.3 Å². The van der Waals surface area contributed by atoms with E-state index >= 15 is 0 Å². The molecule has 2 saturated heterocycles. The highest BCUT2D eigenvalue weighted by Gasteiger charge is 2.49. The largest absolute Gasteiger partial charge is 0.448 e. The van der Waals surface area contributed by atoms with E-state index in [1.165, 1.54) is 11.8 Å². The van der Waals surface area contributed by atoms with Crippen LogP contribution >= 0.6 is 11.8 Å². The van der Waals surface area contributed by atoms with E-state index in [0.717, 1.165) is 73.8 Å². The molecule has 2 N–H and O–H groups in total. The first-order chi connectivity index (χ1) is 27.1. The summed E-state index contributed by atoms with van der Waals surface area (Å²) in [6.07, 6.45) is 2.47. The number of nitrogens with one attached hydrogen (secondary N) is 2. The van der Waals surface area contributed by atoms with Crippen LogP contribution in [0.5, 0.6) is 11.5 Å². The van der Waals surface area contributed by atoms with Gasteiger partial charge in [-0.2, -0.15) is 13.2 Å². The summed E-state index contributed by atoms with van der Waals surface area (Å²) in [5.41, 5.74) is 3.56. The van der Waals surface area contributed by atoms with Crippen LogP contribution in [0.2, 0.25) is 0 Å². The molecule has 1 unspecified atom stereocenters. The van der Waals surface area contributed by atoms with Gasteiger partial charge in [0, 0.05) is 109 Å². The molecule has 0 bridgehead atoms. The Balaban J connectivity index is 1.08. The molecular weight excluding hydrogens is 760 g/mol. The Labute approximate surface area is 336 Å². The van der Waals surface area contributed by atoms with Crippen LogP contribution < -0.4 is 25.2 Å². The van der Waals surface area contributed by atoms with Crippen LogP contribution in [0.15, 0.2) is 40.2 Å². The second-order valence-electron chi connectivity index (χ2n) is 16.2. The van der Waals surface area contributed by atoms with Gasteiger partial charge in [-0.1, -0.05) is 0 Å². The molecule has 4 aliphatic rings. The minimum absolute atomic E-state index is 0.0119. The number of H-pyrrole nitrogens is 1. The van der Waals surface area contributed by atoms with E-state index in [1.54, 1.807) is 0 Å². The Bertz CT molecular complexity index is 1970. The monoisotopic (exact) mass is 813 g/mol. The van der Waals surface area contributed by atoms with E-state index in [-0.39, 0.29) is 55.3 Å². The van der Waals surface area contributed by atoms with Crippen LogP contribution in [0.3, 0.4) is 0 Å². The second-order valence-corrected chi connectivity index (χ2v) is 17.1. The number of aryl methyl sites for hydroxylation is 1. The number of alkyl halides is 3. The first kappa shape index (κ1) is 41.4. The Morgan fingerprint density at radius 2 is 1.75 bits per heavy atom. The Hall–Kier alpha value is -3.79. The lowest BCUT2D eigenvalue weighted by Gasteiger charge is -2.47. The van der Waals surface area contributed by atoms with Crippen LogP contribution in [0.4, 0.5) is 19.0 Å². The maximum atomic E-state index is 14.0. The molecule has 1 aliphatic carbocycles. The molecule has 1 aromatic carbocycles. The van der Waals surface area contributed by atoms with Gasteiger partial charge in [-0.3, -0.25) is 14.5 Å². The molecule has 15 heteroatoms. The SMILES string of the molecule is CSc1cc(C)[nH]c(=O)c1CNC(=O)c1cc(-c2ccc(N3C[C@@H](C)O[C@@H](C)C3)nc2)c2c(c1C)OC(C)(C1CCC(N3CC(OCCCC(F)(F)F)C3)CC1)O2. The molecule has 3 aliphatic heterocycles. The molecule has 3 atom stereocenters. The third-order valence-corrected chi connectivity index (χ3v) is 12.6. The van der Waals surface area contributed by atoms with Gasteiger partial charge in [-0.25, -0.2) is 4.98 Å². The lowest BCUT2D eigenvalue weighted by Crippen LogP contribution is -2.58. The Kier molecular flexibility index (Phi) is 12.2. The molecule has 310 valence electrons. The molecule has 11 nitrogen and oxygen atoms in total. The number of pyridine rings is 2. The normalized spacial score (nSPS) is 25.4. The summed E-state index contributed by atoms with van der Waals surface area (Å²) < 4.78 is 62.8. The maximum Gasteiger partial charge on any atom is 0.389 e. The summed E-state index contributed by atoms with van der Waals surface area (Å²) in [4.78, 5) is 40.0. The smallest absolute Gasteiger partial charge is 0.389 e. The molecule has 1 amide bonds. The maximum absolute atomic E-state index is 14.0. The number of ether oxygens (including phenoxy) is 4. The Morgan fingerprint density at radius 3 is 2.40 bits per heavy atom. The van der Waals surface area contributed by atoms with E-state index in [1.807, 2.05) is 57.5 Å². The highest BCUT2D eigenvalue weighted by atomic mass is 32.2. The van der Waals surface area contributed by atoms with Crippen LogP contribution in [0.1, 0.15) is 86.5 Å². The van der Waals surface area contributed by atoms with Crippen molar-refractivity contribution in [3.05, 3.63) is 63.2 Å². The number of halogens is 3. The Morgan fingerprint density at radius 1 is 1.05 bits per heavy atom. The molecular formula is C42H54F3N5O6S. The zero-order valence-electron chi connectivity index (χ0n) is 33.6. The minimum Gasteiger partial charge on any atom is -0.448 e. The fourth-order valence-electron chi connectivity index (χ4n) is 8.76. The van der Waals surface area contributed by atoms with Crippen molar-refractivity contribution < 1.29 is 36.9 Å². The highest BCUT2D eigenvalue weighted by molar-refractivity contribution is 7.98. The number of anilines is 1. The number of hydrogen-bond acceptors (Lipinski definition) is 10. The van der Waals surface area contributed by atoms with Gasteiger partial charge in [0.15, 0.2) is 11.5 Å². The average Bonchev–Trinajstić information content (AvgIpc) is 3.52. The number of thioether (sulfide) groups is 1. The lowest BCUT2D eigenvalue weighted by molar-refractivity contribution is -0.144. The van der Waals surface area contributed by atoms with E-state index in [9.17, 15) is 22.8 Å². The van der Waals surface area contributed by atoms with Gasteiger partial charge in [0.2, 0.25) is 0 Å². The van der Waals surface area contributed by atoms with Crippen molar-refractivity contribution in [3.63, 3.8) is 0 Å². The number of nitrogens with zero attached hydrogens (tertiary/aromatic N) is 3. The minimum atomic E-state index is -4.15. The standard InChI is InChI=1S/C42H54F3N5O6S/c1-24-16-35(57-6)34(40(52)48-24)19-47-39(51)32-17-33(28-8-13-36(46-18-28)50-20-25(2)54-26(3)21-50)38-37(27(32)4)55-41(5,56-38)29-9-11-30(12-10-29)49-22-31(23-49)53-15-7-14-42(43,44)45/h8,13,16-18,25-26,29-31H,7,9-12,14-15,19-23H2,1-6H3,(H,47,51)(H,48,52)/t25-,26+,29?,30?,41?. The number of benzene rings is 1. The van der Waals surface area contributed by atoms with E-state index < -0.39 is 18.4 Å². The fourth-order valence-corrected chi connectivity index (χ4v) is 9.46. The molecule has 57 heavy (non-hydrogen) atoms. The zero-order valence-corrected chi connectivity index (χ0v) is 34.4. The highest BCUT2D eigenvalue weighted by Crippen LogP contribution is 2.53. The van der Waals surface area contributed by atoms with E-state index in [0.29, 0.717) is 39.8 Å². The lowest BCUT2D eigenvalue weighted by atomic mass is 9.80. The number of fused-ring (bicyclic) bond motifs is 1. The summed E-state index contributed by atoms with van der Waals surface area (Å²) >= 11 is 1.46. The number of hydrogen-bond donors (Lipinski definition) is 2. The van der Waals surface area contributed by atoms with Gasteiger partial charge in [-0.15, -0.1) is 11.8 Å². The van der Waals surface area contributed by atoms with Crippen molar-refractivity contribution in [2.75, 3.05) is 43.9 Å². The van der Waals surface area contributed by atoms with Crippen molar-refractivity contribution >= 4 is 23.5 Å². The molecule has 0 radical (unpaired) electrons. The van der Waals surface area contributed by atoms with Crippen molar-refractivity contribution in [2.45, 2.75) is 121 Å². The summed E-state index contributed by atoms with van der Waals surface area (Å²) in [6, 6.07) is 8.10. The number of aromatic amines is 1. The molecule has 1 saturated carbocycles. The molecule has 5 heterocycles. The van der Waals surface area contributed by atoms with Gasteiger partial charge in [0.05, 0.1) is 18.3 Å². The number of carbonyl (C=O) groups is 1. The number of rotatable bonds is 12. The number of morpholine rings is 1. The zero-order chi connectivity index (χ0) is 40.6. The van der Waals surface area contributed by atoms with Crippen LogP contribution in [-0.2, 0) is 16.0 Å².